The van der Waals surface area contributed by atoms with Crippen LogP contribution >= 0.6 is 0 Å². The molecule has 0 saturated carbocycles. The summed E-state index contributed by atoms with van der Waals surface area (Å²) in [5.41, 5.74) is 4.23. The third kappa shape index (κ3) is 4.37. The molecule has 2 N–H and O–H groups in total. The van der Waals surface area contributed by atoms with Gasteiger partial charge in [-0.15, -0.1) is 0 Å². The van der Waals surface area contributed by atoms with E-state index in [2.05, 4.69) is 0 Å². The van der Waals surface area contributed by atoms with Crippen LogP contribution in [0.4, 0.5) is 0 Å². The zero-order valence-corrected chi connectivity index (χ0v) is 21.7. The van der Waals surface area contributed by atoms with Crippen molar-refractivity contribution in [1.29, 1.82) is 0 Å². The van der Waals surface area contributed by atoms with E-state index in [-0.39, 0.29) is 17.9 Å². The third-order valence-electron chi connectivity index (χ3n) is 7.13. The Morgan fingerprint density at radius 3 is 2.12 bits per heavy atom. The first kappa shape index (κ1) is 25.0. The van der Waals surface area contributed by atoms with Gasteiger partial charge in [0.1, 0.15) is 28.4 Å². The van der Waals surface area contributed by atoms with E-state index in [1.807, 2.05) is 30.3 Å². The van der Waals surface area contributed by atoms with E-state index >= 15 is 0 Å². The fraction of sp³-hybridized carbons (Fsp3) is 0.0909. The van der Waals surface area contributed by atoms with Crippen LogP contribution in [0.2, 0.25) is 0 Å². The van der Waals surface area contributed by atoms with Crippen molar-refractivity contribution in [3.05, 3.63) is 122 Å². The number of rotatable bonds is 5. The highest BCUT2D eigenvalue weighted by Gasteiger charge is 2.19. The van der Waals surface area contributed by atoms with Crippen molar-refractivity contribution in [2.75, 3.05) is 7.11 Å². The molecule has 0 aliphatic heterocycles. The van der Waals surface area contributed by atoms with Crippen LogP contribution in [-0.4, -0.2) is 17.3 Å². The lowest BCUT2D eigenvalue weighted by atomic mass is 9.94. The van der Waals surface area contributed by atoms with Gasteiger partial charge < -0.3 is 23.8 Å². The Morgan fingerprint density at radius 2 is 1.40 bits per heavy atom. The Labute approximate surface area is 228 Å². The lowest BCUT2D eigenvalue weighted by molar-refractivity contribution is 0.409. The molecule has 40 heavy (non-hydrogen) atoms. The number of fused-ring (bicyclic) bond motifs is 2. The van der Waals surface area contributed by atoms with Crippen molar-refractivity contribution in [1.82, 2.24) is 0 Å². The van der Waals surface area contributed by atoms with Crippen LogP contribution in [0.1, 0.15) is 16.7 Å². The number of methoxy groups -OCH3 is 1. The summed E-state index contributed by atoms with van der Waals surface area (Å²) in [6, 6.07) is 24.1. The standard InChI is InChI=1S/C33H24O7/c1-18-7-8-19(14-27(18)34)25-17-32(37)40-33-23(25)11-12-29(38-2)26(33)13-21-10-9-20(15-28(21)35)24-16-31(36)39-30-6-4-3-5-22(24)30/h3-12,14-17,34-35H,13H2,1-2H3. The summed E-state index contributed by atoms with van der Waals surface area (Å²) in [6.07, 6.45) is 0.204. The minimum Gasteiger partial charge on any atom is -0.508 e. The van der Waals surface area contributed by atoms with Gasteiger partial charge in [0.15, 0.2) is 0 Å². The minimum absolute atomic E-state index is 0.0100. The maximum Gasteiger partial charge on any atom is 0.336 e. The Balaban J connectivity index is 1.47. The molecule has 4 aromatic carbocycles. The summed E-state index contributed by atoms with van der Waals surface area (Å²) in [5.74, 6) is 0.632. The summed E-state index contributed by atoms with van der Waals surface area (Å²) >= 11 is 0. The summed E-state index contributed by atoms with van der Waals surface area (Å²) < 4.78 is 16.6. The van der Waals surface area contributed by atoms with Gasteiger partial charge in [-0.2, -0.15) is 0 Å². The maximum absolute atomic E-state index is 12.7. The molecule has 0 amide bonds. The Hall–Kier alpha value is -5.30. The average Bonchev–Trinajstić information content (AvgIpc) is 2.95. The first-order chi connectivity index (χ1) is 19.3. The molecular weight excluding hydrogens is 508 g/mol. The van der Waals surface area contributed by atoms with Crippen molar-refractivity contribution >= 4 is 21.9 Å². The smallest absolute Gasteiger partial charge is 0.336 e. The number of hydrogen-bond donors (Lipinski definition) is 2. The molecule has 0 atom stereocenters. The largest absolute Gasteiger partial charge is 0.508 e. The number of phenolic OH excluding ortho intramolecular Hbond substituents is 2. The Kier molecular flexibility index (Phi) is 6.11. The van der Waals surface area contributed by atoms with Gasteiger partial charge in [-0.1, -0.05) is 42.5 Å². The highest BCUT2D eigenvalue weighted by Crippen LogP contribution is 2.38. The highest BCUT2D eigenvalue weighted by molar-refractivity contribution is 5.96. The molecule has 7 nitrogen and oxygen atoms in total. The van der Waals surface area contributed by atoms with Gasteiger partial charge in [0.25, 0.3) is 0 Å². The number of hydrogen-bond acceptors (Lipinski definition) is 7. The molecule has 2 aromatic heterocycles. The summed E-state index contributed by atoms with van der Waals surface area (Å²) in [6.45, 7) is 1.80. The summed E-state index contributed by atoms with van der Waals surface area (Å²) in [7, 11) is 1.53. The number of phenols is 2. The second kappa shape index (κ2) is 9.78. The molecule has 0 fully saturated rings. The Morgan fingerprint density at radius 1 is 0.725 bits per heavy atom. The van der Waals surface area contributed by atoms with Crippen LogP contribution in [0.3, 0.4) is 0 Å². The van der Waals surface area contributed by atoms with E-state index in [1.165, 1.54) is 19.2 Å². The molecule has 0 spiro atoms. The zero-order valence-electron chi connectivity index (χ0n) is 21.7. The van der Waals surface area contributed by atoms with E-state index in [1.54, 1.807) is 49.4 Å². The molecule has 0 aliphatic carbocycles. The lowest BCUT2D eigenvalue weighted by Crippen LogP contribution is -2.03. The molecule has 0 unspecified atom stereocenters. The zero-order chi connectivity index (χ0) is 28.0. The molecule has 0 saturated heterocycles. The van der Waals surface area contributed by atoms with Gasteiger partial charge in [-0.05, 0) is 70.6 Å². The number of aryl methyl sites for hydroxylation is 1. The van der Waals surface area contributed by atoms with E-state index < -0.39 is 11.3 Å². The van der Waals surface area contributed by atoms with Crippen LogP contribution in [0.15, 0.2) is 103 Å². The average molecular weight is 533 g/mol. The Bertz CT molecular complexity index is 2050. The normalized spacial score (nSPS) is 11.2. The summed E-state index contributed by atoms with van der Waals surface area (Å²) in [5, 5.41) is 22.8. The second-order valence-electron chi connectivity index (χ2n) is 9.60. The van der Waals surface area contributed by atoms with Gasteiger partial charge in [0.2, 0.25) is 0 Å². The first-order valence-corrected chi connectivity index (χ1v) is 12.6. The molecule has 6 rings (SSSR count). The predicted octanol–water partition coefficient (Wildman–Crippen LogP) is 6.55. The van der Waals surface area contributed by atoms with E-state index in [4.69, 9.17) is 13.6 Å². The van der Waals surface area contributed by atoms with Crippen LogP contribution in [-0.2, 0) is 6.42 Å². The lowest BCUT2D eigenvalue weighted by Gasteiger charge is -2.15. The van der Waals surface area contributed by atoms with Gasteiger partial charge >= 0.3 is 11.3 Å². The number of ether oxygens (including phenoxy) is 1. The van der Waals surface area contributed by atoms with Crippen LogP contribution in [0, 0.1) is 6.92 Å². The third-order valence-corrected chi connectivity index (χ3v) is 7.13. The molecule has 2 heterocycles. The molecule has 0 aliphatic rings. The molecular formula is C33H24O7. The van der Waals surface area contributed by atoms with Gasteiger partial charge in [0.05, 0.1) is 7.11 Å². The molecule has 198 valence electrons. The van der Waals surface area contributed by atoms with E-state index in [9.17, 15) is 19.8 Å². The molecule has 0 bridgehead atoms. The van der Waals surface area contributed by atoms with Crippen molar-refractivity contribution in [3.63, 3.8) is 0 Å². The van der Waals surface area contributed by atoms with Gasteiger partial charge in [0, 0.05) is 34.9 Å². The fourth-order valence-corrected chi connectivity index (χ4v) is 5.06. The van der Waals surface area contributed by atoms with E-state index in [0.717, 1.165) is 10.9 Å². The number of aromatic hydroxyl groups is 2. The molecule has 6 aromatic rings. The predicted molar refractivity (Wildman–Crippen MR) is 153 cm³/mol. The van der Waals surface area contributed by atoms with Gasteiger partial charge in [-0.3, -0.25) is 0 Å². The van der Waals surface area contributed by atoms with Crippen molar-refractivity contribution in [2.24, 2.45) is 0 Å². The van der Waals surface area contributed by atoms with Crippen molar-refractivity contribution in [3.8, 4) is 39.5 Å². The maximum atomic E-state index is 12.7. The molecule has 0 radical (unpaired) electrons. The first-order valence-electron chi connectivity index (χ1n) is 12.6. The number of benzene rings is 4. The highest BCUT2D eigenvalue weighted by atomic mass is 16.5. The molecule has 7 heteroatoms. The van der Waals surface area contributed by atoms with Crippen molar-refractivity contribution in [2.45, 2.75) is 13.3 Å². The van der Waals surface area contributed by atoms with Crippen LogP contribution in [0.5, 0.6) is 17.2 Å². The number of para-hydroxylation sites is 1. The van der Waals surface area contributed by atoms with Crippen LogP contribution < -0.4 is 16.0 Å². The van der Waals surface area contributed by atoms with Crippen LogP contribution in [0.25, 0.3) is 44.2 Å². The quantitative estimate of drug-likeness (QED) is 0.242. The minimum atomic E-state index is -0.550. The van der Waals surface area contributed by atoms with Gasteiger partial charge in [-0.25, -0.2) is 9.59 Å². The fourth-order valence-electron chi connectivity index (χ4n) is 5.06. The summed E-state index contributed by atoms with van der Waals surface area (Å²) in [4.78, 5) is 24.8. The topological polar surface area (TPSA) is 110 Å². The SMILES string of the molecule is COc1ccc2c(-c3ccc(C)c(O)c3)cc(=O)oc2c1Cc1ccc(-c2cc(=O)oc3ccccc23)cc1O. The van der Waals surface area contributed by atoms with E-state index in [0.29, 0.717) is 55.7 Å². The monoisotopic (exact) mass is 532 g/mol. The van der Waals surface area contributed by atoms with Crippen molar-refractivity contribution < 1.29 is 23.8 Å². The second-order valence-corrected chi connectivity index (χ2v) is 9.60.